The topological polar surface area (TPSA) is 55.1 Å². The molecule has 0 aliphatic carbocycles. The summed E-state index contributed by atoms with van der Waals surface area (Å²) in [7, 11) is 0. The molecule has 0 aliphatic heterocycles. The molecule has 5 heteroatoms. The van der Waals surface area contributed by atoms with Crippen molar-refractivity contribution in [3.8, 4) is 0 Å². The summed E-state index contributed by atoms with van der Waals surface area (Å²) in [6.07, 6.45) is 1.49. The van der Waals surface area contributed by atoms with Gasteiger partial charge in [0.15, 0.2) is 0 Å². The minimum absolute atomic E-state index is 0.236. The fourth-order valence-corrected chi connectivity index (χ4v) is 1.10. The van der Waals surface area contributed by atoms with Crippen LogP contribution in [0, 0.1) is 6.92 Å². The molecule has 0 unspecified atom stereocenters. The number of carboxylic acid groups (broad SMARTS) is 1. The maximum atomic E-state index is 10.6. The van der Waals surface area contributed by atoms with Crippen LogP contribution < -0.4 is 0 Å². The van der Waals surface area contributed by atoms with Crippen LogP contribution in [0.1, 0.15) is 16.1 Å². The molecular weight excluding hydrogens is 180 g/mol. The van der Waals surface area contributed by atoms with Gasteiger partial charge < -0.3 is 5.11 Å². The molecule has 0 saturated heterocycles. The van der Waals surface area contributed by atoms with Gasteiger partial charge in [-0.05, 0) is 6.92 Å². The van der Waals surface area contributed by atoms with Crippen molar-refractivity contribution >= 4 is 17.6 Å². The van der Waals surface area contributed by atoms with Crippen LogP contribution in [0.15, 0.2) is 6.20 Å². The largest absolute Gasteiger partial charge is 0.478 e. The molecule has 0 atom stereocenters. The SMILES string of the molecule is Cc1nn(CCCl)cc1C(=O)O. The number of alkyl halides is 1. The third-order valence-electron chi connectivity index (χ3n) is 1.49. The first-order valence-corrected chi connectivity index (χ1v) is 4.02. The zero-order chi connectivity index (χ0) is 9.14. The molecule has 4 nitrogen and oxygen atoms in total. The Balaban J connectivity index is 2.92. The van der Waals surface area contributed by atoms with Gasteiger partial charge in [-0.15, -0.1) is 11.6 Å². The minimum Gasteiger partial charge on any atom is -0.478 e. The highest BCUT2D eigenvalue weighted by Crippen LogP contribution is 2.05. The molecule has 66 valence electrons. The number of rotatable bonds is 3. The molecule has 1 aromatic rings. The number of hydrogen-bond donors (Lipinski definition) is 1. The summed E-state index contributed by atoms with van der Waals surface area (Å²) in [5.74, 6) is -0.520. The second-order valence-electron chi connectivity index (χ2n) is 2.39. The predicted molar refractivity (Wildman–Crippen MR) is 44.6 cm³/mol. The quantitative estimate of drug-likeness (QED) is 0.724. The Kier molecular flexibility index (Phi) is 2.70. The number of halogens is 1. The van der Waals surface area contributed by atoms with E-state index in [1.165, 1.54) is 10.9 Å². The third kappa shape index (κ3) is 1.76. The van der Waals surface area contributed by atoms with Crippen molar-refractivity contribution in [2.75, 3.05) is 5.88 Å². The van der Waals surface area contributed by atoms with Gasteiger partial charge in [-0.2, -0.15) is 5.10 Å². The zero-order valence-electron chi connectivity index (χ0n) is 6.62. The molecule has 12 heavy (non-hydrogen) atoms. The van der Waals surface area contributed by atoms with Crippen LogP contribution >= 0.6 is 11.6 Å². The summed E-state index contributed by atoms with van der Waals surface area (Å²) < 4.78 is 1.53. The number of nitrogens with zero attached hydrogens (tertiary/aromatic N) is 2. The van der Waals surface area contributed by atoms with E-state index >= 15 is 0 Å². The van der Waals surface area contributed by atoms with Gasteiger partial charge in [-0.1, -0.05) is 0 Å². The molecule has 0 radical (unpaired) electrons. The first-order valence-electron chi connectivity index (χ1n) is 3.48. The first kappa shape index (κ1) is 9.06. The summed E-state index contributed by atoms with van der Waals surface area (Å²) in [4.78, 5) is 10.6. The van der Waals surface area contributed by atoms with Gasteiger partial charge in [-0.3, -0.25) is 4.68 Å². The van der Waals surface area contributed by atoms with Crippen LogP contribution in [0.4, 0.5) is 0 Å². The van der Waals surface area contributed by atoms with E-state index < -0.39 is 5.97 Å². The summed E-state index contributed by atoms with van der Waals surface area (Å²) in [6.45, 7) is 2.20. The van der Waals surface area contributed by atoms with E-state index in [2.05, 4.69) is 5.10 Å². The number of hydrogen-bond acceptors (Lipinski definition) is 2. The second kappa shape index (κ2) is 3.58. The van der Waals surface area contributed by atoms with Crippen molar-refractivity contribution in [3.05, 3.63) is 17.5 Å². The van der Waals surface area contributed by atoms with E-state index in [1.807, 2.05) is 0 Å². The fraction of sp³-hybridized carbons (Fsp3) is 0.429. The van der Waals surface area contributed by atoms with Gasteiger partial charge in [0.05, 0.1) is 12.2 Å². The molecule has 1 aromatic heterocycles. The van der Waals surface area contributed by atoms with Crippen LogP contribution in [0.25, 0.3) is 0 Å². The standard InChI is InChI=1S/C7H9ClN2O2/c1-5-6(7(11)12)4-10(9-5)3-2-8/h4H,2-3H2,1H3,(H,11,12). The Bertz CT molecular complexity index is 296. The van der Waals surface area contributed by atoms with Gasteiger partial charge >= 0.3 is 5.97 Å². The molecular formula is C7H9ClN2O2. The van der Waals surface area contributed by atoms with E-state index in [0.717, 1.165) is 0 Å². The van der Waals surface area contributed by atoms with E-state index in [4.69, 9.17) is 16.7 Å². The maximum Gasteiger partial charge on any atom is 0.339 e. The Labute approximate surface area is 74.8 Å². The fourth-order valence-electron chi connectivity index (χ4n) is 0.929. The van der Waals surface area contributed by atoms with Gasteiger partial charge in [0, 0.05) is 12.1 Å². The van der Waals surface area contributed by atoms with Crippen LogP contribution in [-0.2, 0) is 6.54 Å². The van der Waals surface area contributed by atoms with Gasteiger partial charge in [0.25, 0.3) is 0 Å². The van der Waals surface area contributed by atoms with Crippen LogP contribution in [0.2, 0.25) is 0 Å². The highest BCUT2D eigenvalue weighted by molar-refractivity contribution is 6.17. The molecule has 0 aromatic carbocycles. The van der Waals surface area contributed by atoms with Gasteiger partial charge in [0.1, 0.15) is 5.56 Å². The maximum absolute atomic E-state index is 10.6. The second-order valence-corrected chi connectivity index (χ2v) is 2.76. The van der Waals surface area contributed by atoms with Crippen molar-refractivity contribution in [2.45, 2.75) is 13.5 Å². The molecule has 0 spiro atoms. The lowest BCUT2D eigenvalue weighted by Gasteiger charge is -1.92. The van der Waals surface area contributed by atoms with E-state index in [0.29, 0.717) is 18.1 Å². The first-order chi connectivity index (χ1) is 5.65. The summed E-state index contributed by atoms with van der Waals surface area (Å²) in [6, 6.07) is 0. The van der Waals surface area contributed by atoms with Crippen molar-refractivity contribution < 1.29 is 9.90 Å². The summed E-state index contributed by atoms with van der Waals surface area (Å²) in [5, 5.41) is 12.6. The average Bonchev–Trinajstić information content (AvgIpc) is 2.32. The molecule has 1 heterocycles. The van der Waals surface area contributed by atoms with Crippen LogP contribution in [0.5, 0.6) is 0 Å². The molecule has 0 saturated carbocycles. The van der Waals surface area contributed by atoms with Crippen molar-refractivity contribution in [2.24, 2.45) is 0 Å². The monoisotopic (exact) mass is 188 g/mol. The number of aromatic carboxylic acids is 1. The lowest BCUT2D eigenvalue weighted by Crippen LogP contribution is -1.99. The summed E-state index contributed by atoms with van der Waals surface area (Å²) >= 11 is 5.47. The van der Waals surface area contributed by atoms with Crippen molar-refractivity contribution in [1.29, 1.82) is 0 Å². The van der Waals surface area contributed by atoms with Crippen LogP contribution in [0.3, 0.4) is 0 Å². The third-order valence-corrected chi connectivity index (χ3v) is 1.66. The van der Waals surface area contributed by atoms with Gasteiger partial charge in [-0.25, -0.2) is 4.79 Å². The van der Waals surface area contributed by atoms with Crippen molar-refractivity contribution in [3.63, 3.8) is 0 Å². The average molecular weight is 189 g/mol. The smallest absolute Gasteiger partial charge is 0.339 e. The molecule has 1 rings (SSSR count). The Hall–Kier alpha value is -1.03. The van der Waals surface area contributed by atoms with Crippen LogP contribution in [-0.4, -0.2) is 26.7 Å². The molecule has 0 amide bonds. The van der Waals surface area contributed by atoms with Gasteiger partial charge in [0.2, 0.25) is 0 Å². The highest BCUT2D eigenvalue weighted by atomic mass is 35.5. The highest BCUT2D eigenvalue weighted by Gasteiger charge is 2.10. The summed E-state index contributed by atoms with van der Waals surface area (Å²) in [5.41, 5.74) is 0.757. The number of aromatic nitrogens is 2. The molecule has 0 aliphatic rings. The number of carboxylic acids is 1. The van der Waals surface area contributed by atoms with E-state index in [1.54, 1.807) is 6.92 Å². The molecule has 1 N–H and O–H groups in total. The van der Waals surface area contributed by atoms with E-state index in [-0.39, 0.29) is 5.56 Å². The number of aryl methyl sites for hydroxylation is 2. The lowest BCUT2D eigenvalue weighted by molar-refractivity contribution is 0.0696. The predicted octanol–water partition coefficient (Wildman–Crippen LogP) is 1.13. The number of carbonyl (C=O) groups is 1. The Morgan fingerprint density at radius 1 is 1.83 bits per heavy atom. The normalized spacial score (nSPS) is 10.2. The Morgan fingerprint density at radius 2 is 2.50 bits per heavy atom. The molecule has 0 bridgehead atoms. The minimum atomic E-state index is -0.951. The Morgan fingerprint density at radius 3 is 2.92 bits per heavy atom. The van der Waals surface area contributed by atoms with E-state index in [9.17, 15) is 4.79 Å². The molecule has 0 fully saturated rings. The zero-order valence-corrected chi connectivity index (χ0v) is 7.38. The van der Waals surface area contributed by atoms with Crippen molar-refractivity contribution in [1.82, 2.24) is 9.78 Å². The lowest BCUT2D eigenvalue weighted by atomic mass is 10.3.